The predicted molar refractivity (Wildman–Crippen MR) is 105 cm³/mol. The molecule has 3 aromatic rings. The molecule has 138 valence electrons. The molecule has 0 atom stereocenters. The van der Waals surface area contributed by atoms with E-state index in [0.717, 1.165) is 0 Å². The van der Waals surface area contributed by atoms with Crippen molar-refractivity contribution in [3.05, 3.63) is 75.9 Å². The molecule has 0 bridgehead atoms. The number of hydrogen-bond donors (Lipinski definition) is 1. The number of thiophene rings is 1. The van der Waals surface area contributed by atoms with Gasteiger partial charge in [0.2, 0.25) is 0 Å². The van der Waals surface area contributed by atoms with E-state index in [1.807, 2.05) is 0 Å². The van der Waals surface area contributed by atoms with Crippen LogP contribution in [0.2, 0.25) is 5.02 Å². The molecule has 1 heterocycles. The van der Waals surface area contributed by atoms with Crippen LogP contribution in [0.1, 0.15) is 27.6 Å². The van der Waals surface area contributed by atoms with Gasteiger partial charge >= 0.3 is 5.97 Å². The number of halogens is 2. The fourth-order valence-corrected chi connectivity index (χ4v) is 3.65. The summed E-state index contributed by atoms with van der Waals surface area (Å²) in [6.07, 6.45) is 0. The summed E-state index contributed by atoms with van der Waals surface area (Å²) in [7, 11) is 0. The molecule has 0 aliphatic carbocycles. The lowest BCUT2D eigenvalue weighted by Crippen LogP contribution is -2.14. The summed E-state index contributed by atoms with van der Waals surface area (Å²) in [5.74, 6) is -1.32. The van der Waals surface area contributed by atoms with Crippen molar-refractivity contribution in [3.63, 3.8) is 0 Å². The zero-order valence-electron chi connectivity index (χ0n) is 14.3. The second-order valence-electron chi connectivity index (χ2n) is 5.55. The summed E-state index contributed by atoms with van der Waals surface area (Å²) < 4.78 is 18.4. The fourth-order valence-electron chi connectivity index (χ4n) is 2.50. The van der Waals surface area contributed by atoms with Gasteiger partial charge in [0.15, 0.2) is 0 Å². The first-order valence-corrected chi connectivity index (χ1v) is 9.36. The Morgan fingerprint density at radius 3 is 2.59 bits per heavy atom. The van der Waals surface area contributed by atoms with Gasteiger partial charge in [-0.05, 0) is 42.8 Å². The number of carbonyl (C=O) groups is 2. The molecule has 1 N–H and O–H groups in total. The Morgan fingerprint density at radius 1 is 1.19 bits per heavy atom. The van der Waals surface area contributed by atoms with Crippen LogP contribution in [-0.2, 0) is 4.74 Å². The van der Waals surface area contributed by atoms with E-state index < -0.39 is 11.9 Å². The summed E-state index contributed by atoms with van der Waals surface area (Å²) in [5.41, 5.74) is 1.83. The number of ether oxygens (including phenoxy) is 1. The van der Waals surface area contributed by atoms with Gasteiger partial charge in [-0.25, -0.2) is 9.18 Å². The molecule has 0 unspecified atom stereocenters. The van der Waals surface area contributed by atoms with Crippen LogP contribution in [0.25, 0.3) is 11.1 Å². The van der Waals surface area contributed by atoms with Crippen molar-refractivity contribution in [2.45, 2.75) is 6.92 Å². The van der Waals surface area contributed by atoms with E-state index in [0.29, 0.717) is 26.7 Å². The molecule has 0 fully saturated rings. The lowest BCUT2D eigenvalue weighted by molar-refractivity contribution is 0.0529. The molecule has 0 radical (unpaired) electrons. The Labute approximate surface area is 164 Å². The van der Waals surface area contributed by atoms with Gasteiger partial charge in [-0.15, -0.1) is 11.3 Å². The van der Waals surface area contributed by atoms with E-state index in [-0.39, 0.29) is 18.0 Å². The smallest absolute Gasteiger partial charge is 0.341 e. The highest BCUT2D eigenvalue weighted by atomic mass is 35.5. The second-order valence-corrected chi connectivity index (χ2v) is 6.86. The molecule has 27 heavy (non-hydrogen) atoms. The lowest BCUT2D eigenvalue weighted by atomic mass is 10.0. The first kappa shape index (κ1) is 19.1. The number of hydrogen-bond acceptors (Lipinski definition) is 4. The molecule has 1 amide bonds. The minimum atomic E-state index is -0.556. The number of nitrogens with one attached hydrogen (secondary N) is 1. The monoisotopic (exact) mass is 403 g/mol. The van der Waals surface area contributed by atoms with Crippen LogP contribution in [0.15, 0.2) is 53.9 Å². The van der Waals surface area contributed by atoms with Gasteiger partial charge in [0.05, 0.1) is 6.61 Å². The molecule has 0 saturated heterocycles. The van der Waals surface area contributed by atoms with Gasteiger partial charge in [0.1, 0.15) is 16.4 Å². The first-order valence-electron chi connectivity index (χ1n) is 8.11. The van der Waals surface area contributed by atoms with E-state index in [1.54, 1.807) is 42.6 Å². The van der Waals surface area contributed by atoms with Crippen molar-refractivity contribution < 1.29 is 18.7 Å². The Kier molecular flexibility index (Phi) is 5.88. The SMILES string of the molecule is CCOC(=O)c1c(-c2ccc(F)cc2)csc1NC(=O)c1cccc(Cl)c1. The highest BCUT2D eigenvalue weighted by Gasteiger charge is 2.23. The summed E-state index contributed by atoms with van der Waals surface area (Å²) in [6.45, 7) is 1.89. The van der Waals surface area contributed by atoms with Gasteiger partial charge in [-0.2, -0.15) is 0 Å². The highest BCUT2D eigenvalue weighted by Crippen LogP contribution is 2.36. The number of rotatable bonds is 5. The Hall–Kier alpha value is -2.70. The maximum atomic E-state index is 13.2. The molecule has 0 spiro atoms. The highest BCUT2D eigenvalue weighted by molar-refractivity contribution is 7.15. The molecule has 2 aromatic carbocycles. The quantitative estimate of drug-likeness (QED) is 0.561. The van der Waals surface area contributed by atoms with E-state index in [2.05, 4.69) is 5.32 Å². The van der Waals surface area contributed by atoms with Gasteiger partial charge < -0.3 is 10.1 Å². The van der Waals surface area contributed by atoms with E-state index in [1.165, 1.54) is 29.5 Å². The van der Waals surface area contributed by atoms with Crippen LogP contribution in [-0.4, -0.2) is 18.5 Å². The molecule has 7 heteroatoms. The van der Waals surface area contributed by atoms with Crippen molar-refractivity contribution in [1.82, 2.24) is 0 Å². The first-order chi connectivity index (χ1) is 13.0. The van der Waals surface area contributed by atoms with Gasteiger partial charge in [-0.1, -0.05) is 29.8 Å². The normalized spacial score (nSPS) is 10.5. The van der Waals surface area contributed by atoms with Crippen molar-refractivity contribution in [3.8, 4) is 11.1 Å². The third kappa shape index (κ3) is 4.35. The number of amides is 1. The Balaban J connectivity index is 1.98. The van der Waals surface area contributed by atoms with E-state index >= 15 is 0 Å². The van der Waals surface area contributed by atoms with Crippen molar-refractivity contribution in [2.75, 3.05) is 11.9 Å². The van der Waals surface area contributed by atoms with Crippen molar-refractivity contribution >= 4 is 39.8 Å². The van der Waals surface area contributed by atoms with E-state index in [4.69, 9.17) is 16.3 Å². The van der Waals surface area contributed by atoms with Gasteiger partial charge in [0, 0.05) is 21.5 Å². The minimum absolute atomic E-state index is 0.194. The van der Waals surface area contributed by atoms with Crippen LogP contribution < -0.4 is 5.32 Å². The molecule has 0 saturated carbocycles. The lowest BCUT2D eigenvalue weighted by Gasteiger charge is -2.09. The average Bonchev–Trinajstić information content (AvgIpc) is 3.06. The molecular weight excluding hydrogens is 389 g/mol. The maximum Gasteiger partial charge on any atom is 0.341 e. The van der Waals surface area contributed by atoms with Crippen LogP contribution in [0, 0.1) is 5.82 Å². The van der Waals surface area contributed by atoms with Crippen molar-refractivity contribution in [1.29, 1.82) is 0 Å². The van der Waals surface area contributed by atoms with Crippen LogP contribution in [0.4, 0.5) is 9.39 Å². The Morgan fingerprint density at radius 2 is 1.93 bits per heavy atom. The zero-order valence-corrected chi connectivity index (χ0v) is 15.9. The minimum Gasteiger partial charge on any atom is -0.462 e. The number of carbonyl (C=O) groups excluding carboxylic acids is 2. The molecule has 4 nitrogen and oxygen atoms in total. The molecule has 0 aliphatic heterocycles. The molecular formula is C20H15ClFNO3S. The zero-order chi connectivity index (χ0) is 19.4. The van der Waals surface area contributed by atoms with Gasteiger partial charge in [0.25, 0.3) is 5.91 Å². The average molecular weight is 404 g/mol. The van der Waals surface area contributed by atoms with E-state index in [9.17, 15) is 14.0 Å². The number of esters is 1. The largest absolute Gasteiger partial charge is 0.462 e. The standard InChI is InChI=1S/C20H15ClFNO3S/c1-2-26-20(25)17-16(12-6-8-15(22)9-7-12)11-27-19(17)23-18(24)13-4-3-5-14(21)10-13/h3-11H,2H2,1H3,(H,23,24). The van der Waals surface area contributed by atoms with Crippen LogP contribution in [0.5, 0.6) is 0 Å². The molecule has 3 rings (SSSR count). The summed E-state index contributed by atoms with van der Waals surface area (Å²) >= 11 is 7.13. The van der Waals surface area contributed by atoms with Crippen molar-refractivity contribution in [2.24, 2.45) is 0 Å². The van der Waals surface area contributed by atoms with Gasteiger partial charge in [-0.3, -0.25) is 4.79 Å². The van der Waals surface area contributed by atoms with Crippen LogP contribution >= 0.6 is 22.9 Å². The molecule has 0 aliphatic rings. The summed E-state index contributed by atoms with van der Waals surface area (Å²) in [5, 5.41) is 5.27. The topological polar surface area (TPSA) is 55.4 Å². The third-order valence-corrected chi connectivity index (χ3v) is 4.87. The number of anilines is 1. The third-order valence-electron chi connectivity index (χ3n) is 3.74. The second kappa shape index (κ2) is 8.33. The maximum absolute atomic E-state index is 13.2. The fraction of sp³-hybridized carbons (Fsp3) is 0.100. The summed E-state index contributed by atoms with van der Waals surface area (Å²) in [6, 6.07) is 12.3. The predicted octanol–water partition coefficient (Wildman–Crippen LogP) is 5.64. The Bertz CT molecular complexity index is 985. The molecule has 1 aromatic heterocycles. The number of benzene rings is 2. The summed E-state index contributed by atoms with van der Waals surface area (Å²) in [4.78, 5) is 25.0. The van der Waals surface area contributed by atoms with Crippen LogP contribution in [0.3, 0.4) is 0 Å².